The first-order valence-corrected chi connectivity index (χ1v) is 11.8. The highest BCUT2D eigenvalue weighted by molar-refractivity contribution is 5.95. The minimum Gasteiger partial charge on any atom is -0.480 e. The zero-order valence-electron chi connectivity index (χ0n) is 20.1. The molecule has 11 heteroatoms. The first-order valence-electron chi connectivity index (χ1n) is 11.8. The molecule has 0 aliphatic carbocycles. The van der Waals surface area contributed by atoms with Crippen LogP contribution in [0.1, 0.15) is 45.1 Å². The number of rotatable bonds is 13. The van der Waals surface area contributed by atoms with Crippen molar-refractivity contribution >= 4 is 29.6 Å². The van der Waals surface area contributed by atoms with Gasteiger partial charge in [0.2, 0.25) is 23.6 Å². The third-order valence-corrected chi connectivity index (χ3v) is 6.11. The number of carbonyl (C=O) groups excluding carboxylic acids is 4. The first-order chi connectivity index (χ1) is 16.6. The maximum absolute atomic E-state index is 13.3. The number of benzene rings is 1. The number of nitrogens with one attached hydrogen (secondary N) is 4. The molecule has 1 aromatic rings. The molecule has 0 bridgehead atoms. The van der Waals surface area contributed by atoms with E-state index in [0.29, 0.717) is 12.8 Å². The minimum atomic E-state index is -1.53. The average Bonchev–Trinajstić information content (AvgIpc) is 3.36. The average molecular weight is 490 g/mol. The van der Waals surface area contributed by atoms with Crippen LogP contribution in [-0.4, -0.2) is 65.4 Å². The molecule has 11 nitrogen and oxygen atoms in total. The molecule has 0 saturated carbocycles. The number of aliphatic carboxylic acids is 1. The van der Waals surface area contributed by atoms with Gasteiger partial charge in [-0.25, -0.2) is 4.79 Å². The summed E-state index contributed by atoms with van der Waals surface area (Å²) in [5.74, 6) is -4.13. The van der Waals surface area contributed by atoms with Crippen molar-refractivity contribution < 1.29 is 29.1 Å². The van der Waals surface area contributed by atoms with Crippen molar-refractivity contribution in [1.29, 1.82) is 0 Å². The quantitative estimate of drug-likeness (QED) is 0.215. The van der Waals surface area contributed by atoms with Gasteiger partial charge >= 0.3 is 5.97 Å². The Hall–Kier alpha value is -3.47. The summed E-state index contributed by atoms with van der Waals surface area (Å²) in [6.45, 7) is 4.44. The standard InChI is InChI=1S/C24H35N5O6/c1-3-14(2)20(29-21(31)16-10-7-11-26-16)23(33)27-17(12-15-8-5-4-6-9-15)22(32)28-18(24(34)35)13-19(25)30/h4-6,8-9,14,16-18,20,26H,3,7,10-13H2,1-2H3,(H2,25,30)(H,27,33)(H,28,32)(H,29,31)(H,34,35). The van der Waals surface area contributed by atoms with Gasteiger partial charge in [0, 0.05) is 6.42 Å². The number of hydrogen-bond acceptors (Lipinski definition) is 6. The molecule has 5 unspecified atom stereocenters. The lowest BCUT2D eigenvalue weighted by Crippen LogP contribution is -2.59. The van der Waals surface area contributed by atoms with Crippen molar-refractivity contribution in [2.45, 2.75) is 70.1 Å². The van der Waals surface area contributed by atoms with E-state index in [4.69, 9.17) is 5.73 Å². The third-order valence-electron chi connectivity index (χ3n) is 6.11. The van der Waals surface area contributed by atoms with Gasteiger partial charge in [0.25, 0.3) is 0 Å². The first kappa shape index (κ1) is 27.8. The fourth-order valence-electron chi connectivity index (χ4n) is 3.86. The van der Waals surface area contributed by atoms with E-state index in [9.17, 15) is 29.1 Å². The van der Waals surface area contributed by atoms with Crippen LogP contribution in [0.15, 0.2) is 30.3 Å². The van der Waals surface area contributed by atoms with Gasteiger partial charge in [-0.2, -0.15) is 0 Å². The highest BCUT2D eigenvalue weighted by atomic mass is 16.4. The molecular formula is C24H35N5O6. The summed E-state index contributed by atoms with van der Waals surface area (Å²) in [7, 11) is 0. The molecule has 35 heavy (non-hydrogen) atoms. The predicted molar refractivity (Wildman–Crippen MR) is 128 cm³/mol. The van der Waals surface area contributed by atoms with Crippen LogP contribution in [-0.2, 0) is 30.4 Å². The van der Waals surface area contributed by atoms with Crippen molar-refractivity contribution in [3.63, 3.8) is 0 Å². The lowest BCUT2D eigenvalue weighted by molar-refractivity contribution is -0.143. The summed E-state index contributed by atoms with van der Waals surface area (Å²) in [6, 6.07) is 4.95. The lowest BCUT2D eigenvalue weighted by atomic mass is 9.96. The van der Waals surface area contributed by atoms with Crippen molar-refractivity contribution in [3.05, 3.63) is 35.9 Å². The van der Waals surface area contributed by atoms with Gasteiger partial charge in [-0.05, 0) is 30.9 Å². The van der Waals surface area contributed by atoms with E-state index < -0.39 is 48.2 Å². The molecule has 4 amide bonds. The summed E-state index contributed by atoms with van der Waals surface area (Å²) in [6.07, 6.45) is 1.63. The van der Waals surface area contributed by atoms with Crippen LogP contribution in [0.5, 0.6) is 0 Å². The fraction of sp³-hybridized carbons (Fsp3) is 0.542. The zero-order chi connectivity index (χ0) is 26.0. The second kappa shape index (κ2) is 13.4. The molecule has 1 aliphatic rings. The molecule has 1 saturated heterocycles. The second-order valence-corrected chi connectivity index (χ2v) is 8.84. The van der Waals surface area contributed by atoms with E-state index in [0.717, 1.165) is 18.5 Å². The smallest absolute Gasteiger partial charge is 0.326 e. The molecule has 0 spiro atoms. The fourth-order valence-corrected chi connectivity index (χ4v) is 3.86. The predicted octanol–water partition coefficient (Wildman–Crippen LogP) is -0.558. The van der Waals surface area contributed by atoms with Crippen LogP contribution in [0, 0.1) is 5.92 Å². The Morgan fingerprint density at radius 2 is 1.71 bits per heavy atom. The van der Waals surface area contributed by atoms with Crippen molar-refractivity contribution in [2.24, 2.45) is 11.7 Å². The maximum atomic E-state index is 13.3. The Balaban J connectivity index is 2.21. The van der Waals surface area contributed by atoms with Crippen LogP contribution in [0.3, 0.4) is 0 Å². The molecule has 1 fully saturated rings. The summed E-state index contributed by atoms with van der Waals surface area (Å²) in [5, 5.41) is 20.2. The Kier molecular flexibility index (Phi) is 10.7. The van der Waals surface area contributed by atoms with E-state index in [-0.39, 0.29) is 24.3 Å². The largest absolute Gasteiger partial charge is 0.480 e. The van der Waals surface area contributed by atoms with E-state index in [1.54, 1.807) is 30.3 Å². The third kappa shape index (κ3) is 8.67. The van der Waals surface area contributed by atoms with Crippen LogP contribution in [0.4, 0.5) is 0 Å². The molecular weight excluding hydrogens is 454 g/mol. The van der Waals surface area contributed by atoms with Gasteiger partial charge in [-0.3, -0.25) is 19.2 Å². The zero-order valence-corrected chi connectivity index (χ0v) is 20.1. The molecule has 0 radical (unpaired) electrons. The van der Waals surface area contributed by atoms with Crippen molar-refractivity contribution in [2.75, 3.05) is 6.54 Å². The summed E-state index contributed by atoms with van der Waals surface area (Å²) >= 11 is 0. The maximum Gasteiger partial charge on any atom is 0.326 e. The molecule has 1 aliphatic heterocycles. The normalized spacial score (nSPS) is 18.5. The van der Waals surface area contributed by atoms with Gasteiger partial charge in [-0.15, -0.1) is 0 Å². The Bertz CT molecular complexity index is 903. The molecule has 192 valence electrons. The van der Waals surface area contributed by atoms with Crippen molar-refractivity contribution in [1.82, 2.24) is 21.3 Å². The number of amides is 4. The lowest BCUT2D eigenvalue weighted by Gasteiger charge is -2.28. The van der Waals surface area contributed by atoms with E-state index >= 15 is 0 Å². The molecule has 1 heterocycles. The summed E-state index contributed by atoms with van der Waals surface area (Å²) in [4.78, 5) is 61.7. The topological polar surface area (TPSA) is 180 Å². The van der Waals surface area contributed by atoms with E-state index in [1.807, 2.05) is 13.8 Å². The molecule has 5 atom stereocenters. The monoisotopic (exact) mass is 489 g/mol. The van der Waals surface area contributed by atoms with Gasteiger partial charge < -0.3 is 32.1 Å². The number of carboxylic acid groups (broad SMARTS) is 1. The number of carbonyl (C=O) groups is 5. The minimum absolute atomic E-state index is 0.0761. The van der Waals surface area contributed by atoms with E-state index in [2.05, 4.69) is 21.3 Å². The number of primary amides is 1. The highest BCUT2D eigenvalue weighted by Crippen LogP contribution is 2.12. The molecule has 0 aromatic heterocycles. The van der Waals surface area contributed by atoms with Gasteiger partial charge in [0.05, 0.1) is 12.5 Å². The number of nitrogens with two attached hydrogens (primary N) is 1. The van der Waals surface area contributed by atoms with Crippen molar-refractivity contribution in [3.8, 4) is 0 Å². The van der Waals surface area contributed by atoms with Crippen LogP contribution >= 0.6 is 0 Å². The Morgan fingerprint density at radius 1 is 1.06 bits per heavy atom. The van der Waals surface area contributed by atoms with Crippen LogP contribution in [0.25, 0.3) is 0 Å². The van der Waals surface area contributed by atoms with Gasteiger partial charge in [-0.1, -0.05) is 50.6 Å². The molecule has 2 rings (SSSR count). The summed E-state index contributed by atoms with van der Waals surface area (Å²) in [5.41, 5.74) is 5.84. The van der Waals surface area contributed by atoms with Crippen LogP contribution < -0.4 is 27.0 Å². The summed E-state index contributed by atoms with van der Waals surface area (Å²) < 4.78 is 0. The number of hydrogen-bond donors (Lipinski definition) is 6. The Labute approximate surface area is 204 Å². The highest BCUT2D eigenvalue weighted by Gasteiger charge is 2.33. The van der Waals surface area contributed by atoms with E-state index in [1.165, 1.54) is 0 Å². The van der Waals surface area contributed by atoms with Gasteiger partial charge in [0.1, 0.15) is 18.1 Å². The van der Waals surface area contributed by atoms with Crippen LogP contribution in [0.2, 0.25) is 0 Å². The number of carboxylic acids is 1. The van der Waals surface area contributed by atoms with Gasteiger partial charge in [0.15, 0.2) is 0 Å². The Morgan fingerprint density at radius 3 is 2.26 bits per heavy atom. The molecule has 7 N–H and O–H groups in total. The SMILES string of the molecule is CCC(C)C(NC(=O)C1CCCN1)C(=O)NC(Cc1ccccc1)C(=O)NC(CC(N)=O)C(=O)O. The second-order valence-electron chi connectivity index (χ2n) is 8.84. The molecule has 1 aromatic carbocycles.